The van der Waals surface area contributed by atoms with Crippen LogP contribution in [0.15, 0.2) is 0 Å². The van der Waals surface area contributed by atoms with Gasteiger partial charge in [0.05, 0.1) is 37.6 Å². The van der Waals surface area contributed by atoms with Gasteiger partial charge < -0.3 is 19.3 Å². The number of carbonyl (C=O) groups excluding carboxylic acids is 3. The van der Waals surface area contributed by atoms with Crippen LogP contribution in [0.3, 0.4) is 0 Å². The molecule has 0 aliphatic carbocycles. The van der Waals surface area contributed by atoms with E-state index in [2.05, 4.69) is 0 Å². The second-order valence-electron chi connectivity index (χ2n) is 6.17. The zero-order valence-electron chi connectivity index (χ0n) is 15.8. The van der Waals surface area contributed by atoms with E-state index < -0.39 is 35.8 Å². The molecular weight excluding hydrogens is 328 g/mol. The Morgan fingerprint density at radius 2 is 1.44 bits per heavy atom. The predicted octanol–water partition coefficient (Wildman–Crippen LogP) is 2.24. The van der Waals surface area contributed by atoms with Crippen LogP contribution in [0.5, 0.6) is 0 Å². The maximum absolute atomic E-state index is 12.2. The lowest BCUT2D eigenvalue weighted by Gasteiger charge is -2.21. The molecule has 0 saturated heterocycles. The molecule has 1 N–H and O–H groups in total. The van der Waals surface area contributed by atoms with Gasteiger partial charge in [0, 0.05) is 0 Å². The number of rotatable bonds is 13. The summed E-state index contributed by atoms with van der Waals surface area (Å²) in [6.07, 6.45) is 2.14. The van der Waals surface area contributed by atoms with Gasteiger partial charge in [-0.3, -0.25) is 14.4 Å². The molecule has 146 valence electrons. The van der Waals surface area contributed by atoms with Crippen molar-refractivity contribution in [1.82, 2.24) is 0 Å². The standard InChI is InChI=1S/C18H32O7/c1-5-7-9-23-16(20)11-15(18(22)25-12-13(3)19)14(4)17(21)24-10-8-6-2/h13-15,19H,5-12H2,1-4H3. The van der Waals surface area contributed by atoms with E-state index in [1.165, 1.54) is 13.8 Å². The Kier molecular flexibility index (Phi) is 12.7. The Balaban J connectivity index is 4.82. The van der Waals surface area contributed by atoms with Crippen molar-refractivity contribution in [2.45, 2.75) is 65.9 Å². The molecule has 3 atom stereocenters. The molecule has 0 radical (unpaired) electrons. The maximum Gasteiger partial charge on any atom is 0.310 e. The summed E-state index contributed by atoms with van der Waals surface area (Å²) in [4.78, 5) is 36.3. The first-order valence-electron chi connectivity index (χ1n) is 9.00. The highest BCUT2D eigenvalue weighted by Crippen LogP contribution is 2.21. The van der Waals surface area contributed by atoms with Crippen molar-refractivity contribution < 1.29 is 33.7 Å². The quantitative estimate of drug-likeness (QED) is 0.305. The van der Waals surface area contributed by atoms with E-state index in [4.69, 9.17) is 14.2 Å². The van der Waals surface area contributed by atoms with Crippen LogP contribution in [0.1, 0.15) is 59.8 Å². The van der Waals surface area contributed by atoms with E-state index in [-0.39, 0.29) is 26.2 Å². The average molecular weight is 360 g/mol. The van der Waals surface area contributed by atoms with Crippen LogP contribution in [-0.2, 0) is 28.6 Å². The normalized spacial score (nSPS) is 14.3. The molecule has 0 saturated carbocycles. The summed E-state index contributed by atoms with van der Waals surface area (Å²) >= 11 is 0. The van der Waals surface area contributed by atoms with Crippen LogP contribution in [0.2, 0.25) is 0 Å². The minimum absolute atomic E-state index is 0.197. The maximum atomic E-state index is 12.2. The lowest BCUT2D eigenvalue weighted by atomic mass is 9.91. The fourth-order valence-corrected chi connectivity index (χ4v) is 1.96. The molecule has 0 amide bonds. The average Bonchev–Trinajstić information content (AvgIpc) is 2.57. The van der Waals surface area contributed by atoms with E-state index in [0.717, 1.165) is 25.7 Å². The number of esters is 3. The van der Waals surface area contributed by atoms with Gasteiger partial charge in [0.15, 0.2) is 0 Å². The second-order valence-corrected chi connectivity index (χ2v) is 6.17. The van der Waals surface area contributed by atoms with Crippen LogP contribution in [-0.4, -0.2) is 48.9 Å². The third-order valence-corrected chi connectivity index (χ3v) is 3.63. The van der Waals surface area contributed by atoms with Gasteiger partial charge >= 0.3 is 17.9 Å². The van der Waals surface area contributed by atoms with Gasteiger partial charge in [-0.05, 0) is 19.8 Å². The van der Waals surface area contributed by atoms with Gasteiger partial charge in [-0.25, -0.2) is 0 Å². The minimum Gasteiger partial charge on any atom is -0.466 e. The molecule has 25 heavy (non-hydrogen) atoms. The molecule has 0 aromatic rings. The van der Waals surface area contributed by atoms with Crippen molar-refractivity contribution in [3.63, 3.8) is 0 Å². The number of ether oxygens (including phenoxy) is 3. The molecule has 0 bridgehead atoms. The van der Waals surface area contributed by atoms with Gasteiger partial charge in [-0.1, -0.05) is 33.6 Å². The number of carbonyl (C=O) groups is 3. The fraction of sp³-hybridized carbons (Fsp3) is 0.833. The van der Waals surface area contributed by atoms with E-state index >= 15 is 0 Å². The molecular formula is C18H32O7. The van der Waals surface area contributed by atoms with Crippen molar-refractivity contribution in [1.29, 1.82) is 0 Å². The Hall–Kier alpha value is -1.63. The second kappa shape index (κ2) is 13.6. The minimum atomic E-state index is -0.998. The van der Waals surface area contributed by atoms with Crippen molar-refractivity contribution in [3.8, 4) is 0 Å². The van der Waals surface area contributed by atoms with Crippen molar-refractivity contribution in [2.75, 3.05) is 19.8 Å². The molecule has 0 aliphatic heterocycles. The van der Waals surface area contributed by atoms with Crippen LogP contribution >= 0.6 is 0 Å². The smallest absolute Gasteiger partial charge is 0.310 e. The van der Waals surface area contributed by atoms with E-state index in [9.17, 15) is 19.5 Å². The number of unbranched alkanes of at least 4 members (excludes halogenated alkanes) is 2. The summed E-state index contributed by atoms with van der Waals surface area (Å²) in [5, 5.41) is 9.24. The molecule has 0 heterocycles. The molecule has 0 aromatic carbocycles. The lowest BCUT2D eigenvalue weighted by molar-refractivity contribution is -0.165. The van der Waals surface area contributed by atoms with E-state index in [1.54, 1.807) is 0 Å². The van der Waals surface area contributed by atoms with E-state index in [0.29, 0.717) is 0 Å². The van der Waals surface area contributed by atoms with Gasteiger partial charge in [0.2, 0.25) is 0 Å². The third kappa shape index (κ3) is 10.8. The van der Waals surface area contributed by atoms with Crippen LogP contribution in [0.4, 0.5) is 0 Å². The van der Waals surface area contributed by atoms with Crippen molar-refractivity contribution in [3.05, 3.63) is 0 Å². The van der Waals surface area contributed by atoms with Crippen LogP contribution in [0.25, 0.3) is 0 Å². The Bertz CT molecular complexity index is 406. The third-order valence-electron chi connectivity index (χ3n) is 3.63. The molecule has 3 unspecified atom stereocenters. The number of aliphatic hydroxyl groups excluding tert-OH is 1. The summed E-state index contributed by atoms with van der Waals surface area (Å²) in [6, 6.07) is 0. The van der Waals surface area contributed by atoms with Crippen LogP contribution < -0.4 is 0 Å². The summed E-state index contributed by atoms with van der Waals surface area (Å²) < 4.78 is 15.2. The zero-order valence-corrected chi connectivity index (χ0v) is 15.8. The lowest BCUT2D eigenvalue weighted by Crippen LogP contribution is -2.34. The number of aliphatic hydroxyl groups is 1. The summed E-state index contributed by atoms with van der Waals surface area (Å²) in [6.45, 7) is 7.30. The molecule has 0 rings (SSSR count). The van der Waals surface area contributed by atoms with Crippen LogP contribution in [0, 0.1) is 11.8 Å². The highest BCUT2D eigenvalue weighted by atomic mass is 16.6. The summed E-state index contributed by atoms with van der Waals surface area (Å²) in [7, 11) is 0. The van der Waals surface area contributed by atoms with Gasteiger partial charge in [0.1, 0.15) is 6.61 Å². The van der Waals surface area contributed by atoms with E-state index in [1.807, 2.05) is 13.8 Å². The molecule has 7 nitrogen and oxygen atoms in total. The highest BCUT2D eigenvalue weighted by Gasteiger charge is 2.35. The predicted molar refractivity (Wildman–Crippen MR) is 91.6 cm³/mol. The SMILES string of the molecule is CCCCOC(=O)CC(C(=O)OCC(C)O)C(C)C(=O)OCCCC. The van der Waals surface area contributed by atoms with Gasteiger partial charge in [-0.15, -0.1) is 0 Å². The Morgan fingerprint density at radius 1 is 0.880 bits per heavy atom. The molecule has 7 heteroatoms. The van der Waals surface area contributed by atoms with Crippen molar-refractivity contribution >= 4 is 17.9 Å². The fourth-order valence-electron chi connectivity index (χ4n) is 1.96. The first-order chi connectivity index (χ1) is 11.8. The Labute approximate surface area is 150 Å². The monoisotopic (exact) mass is 360 g/mol. The van der Waals surface area contributed by atoms with Gasteiger partial charge in [0.25, 0.3) is 0 Å². The molecule has 0 aromatic heterocycles. The highest BCUT2D eigenvalue weighted by molar-refractivity contribution is 5.85. The summed E-state index contributed by atoms with van der Waals surface area (Å²) in [5.41, 5.74) is 0. The van der Waals surface area contributed by atoms with Gasteiger partial charge in [-0.2, -0.15) is 0 Å². The molecule has 0 fully saturated rings. The molecule has 0 aliphatic rings. The first kappa shape index (κ1) is 23.4. The Morgan fingerprint density at radius 3 is 1.96 bits per heavy atom. The van der Waals surface area contributed by atoms with Crippen molar-refractivity contribution in [2.24, 2.45) is 11.8 Å². The topological polar surface area (TPSA) is 99.1 Å². The molecule has 0 spiro atoms. The number of hydrogen-bond donors (Lipinski definition) is 1. The summed E-state index contributed by atoms with van der Waals surface area (Å²) in [5.74, 6) is -3.65. The largest absolute Gasteiger partial charge is 0.466 e. The number of hydrogen-bond acceptors (Lipinski definition) is 7. The zero-order chi connectivity index (χ0) is 19.2. The first-order valence-corrected chi connectivity index (χ1v) is 9.00.